The second-order valence-corrected chi connectivity index (χ2v) is 3.72. The predicted octanol–water partition coefficient (Wildman–Crippen LogP) is -0.465. The predicted molar refractivity (Wildman–Crippen MR) is 43.6 cm³/mol. The van der Waals surface area contributed by atoms with Crippen LogP contribution in [0.4, 0.5) is 0 Å². The molecule has 1 N–H and O–H groups in total. The highest BCUT2D eigenvalue weighted by Gasteiger charge is 2.41. The molecule has 0 aromatic rings. The second-order valence-electron chi connectivity index (χ2n) is 3.72. The zero-order valence-electron chi connectivity index (χ0n) is 7.21. The molecule has 2 fully saturated rings. The summed E-state index contributed by atoms with van der Waals surface area (Å²) in [7, 11) is 4.27. The highest BCUT2D eigenvalue weighted by molar-refractivity contribution is 4.95. The Morgan fingerprint density at radius 2 is 2.18 bits per heavy atom. The Bertz CT molecular complexity index is 149. The van der Waals surface area contributed by atoms with E-state index in [9.17, 15) is 0 Å². The molecule has 3 heteroatoms. The first-order chi connectivity index (χ1) is 5.29. The van der Waals surface area contributed by atoms with E-state index in [1.54, 1.807) is 0 Å². The third-order valence-corrected chi connectivity index (χ3v) is 2.84. The maximum absolute atomic E-state index is 5.65. The Morgan fingerprint density at radius 3 is 2.91 bits per heavy atom. The van der Waals surface area contributed by atoms with Gasteiger partial charge in [0, 0.05) is 25.0 Å². The number of ether oxygens (including phenoxy) is 1. The monoisotopic (exact) mass is 156 g/mol. The fourth-order valence-electron chi connectivity index (χ4n) is 2.12. The van der Waals surface area contributed by atoms with Crippen molar-refractivity contribution in [2.45, 2.75) is 12.1 Å². The maximum Gasteiger partial charge on any atom is 0.0756 e. The summed E-state index contributed by atoms with van der Waals surface area (Å²) in [4.78, 5) is 2.28. The summed E-state index contributed by atoms with van der Waals surface area (Å²) < 4.78 is 5.65. The molecule has 0 bridgehead atoms. The molecular formula is C8H16N2O. The molecule has 2 heterocycles. The van der Waals surface area contributed by atoms with Gasteiger partial charge in [-0.2, -0.15) is 0 Å². The van der Waals surface area contributed by atoms with E-state index in [1.807, 2.05) is 0 Å². The topological polar surface area (TPSA) is 24.5 Å². The first-order valence-electron chi connectivity index (χ1n) is 4.28. The van der Waals surface area contributed by atoms with Gasteiger partial charge in [0.1, 0.15) is 0 Å². The molecule has 0 radical (unpaired) electrons. The summed E-state index contributed by atoms with van der Waals surface area (Å²) >= 11 is 0. The molecule has 2 saturated heterocycles. The lowest BCUT2D eigenvalue weighted by Crippen LogP contribution is -2.36. The van der Waals surface area contributed by atoms with Crippen molar-refractivity contribution in [2.24, 2.45) is 5.92 Å². The van der Waals surface area contributed by atoms with Crippen molar-refractivity contribution in [3.63, 3.8) is 0 Å². The molecule has 0 aliphatic carbocycles. The fourth-order valence-corrected chi connectivity index (χ4v) is 2.12. The number of fused-ring (bicyclic) bond motifs is 1. The summed E-state index contributed by atoms with van der Waals surface area (Å²) in [5.41, 5.74) is 0. The van der Waals surface area contributed by atoms with E-state index in [2.05, 4.69) is 24.3 Å². The van der Waals surface area contributed by atoms with Gasteiger partial charge in [0.2, 0.25) is 0 Å². The first kappa shape index (κ1) is 7.53. The minimum absolute atomic E-state index is 0.488. The minimum atomic E-state index is 0.488. The van der Waals surface area contributed by atoms with Gasteiger partial charge in [-0.15, -0.1) is 0 Å². The van der Waals surface area contributed by atoms with E-state index in [1.165, 1.54) is 0 Å². The lowest BCUT2D eigenvalue weighted by molar-refractivity contribution is 0.106. The van der Waals surface area contributed by atoms with Crippen LogP contribution in [0.1, 0.15) is 0 Å². The molecule has 2 aliphatic rings. The number of likely N-dealkylation sites (N-methyl/N-ethyl adjacent to an activating group) is 1. The molecule has 3 atom stereocenters. The average molecular weight is 156 g/mol. The maximum atomic E-state index is 5.65. The van der Waals surface area contributed by atoms with E-state index >= 15 is 0 Å². The van der Waals surface area contributed by atoms with Gasteiger partial charge in [-0.3, -0.25) is 0 Å². The molecule has 0 saturated carbocycles. The van der Waals surface area contributed by atoms with Gasteiger partial charge < -0.3 is 15.0 Å². The smallest absolute Gasteiger partial charge is 0.0756 e. The van der Waals surface area contributed by atoms with Crippen molar-refractivity contribution >= 4 is 0 Å². The van der Waals surface area contributed by atoms with Crippen LogP contribution in [0.5, 0.6) is 0 Å². The van der Waals surface area contributed by atoms with Crippen molar-refractivity contribution in [1.29, 1.82) is 0 Å². The van der Waals surface area contributed by atoms with Gasteiger partial charge in [-0.05, 0) is 14.1 Å². The van der Waals surface area contributed by atoms with E-state index in [-0.39, 0.29) is 0 Å². The number of nitrogens with zero attached hydrogens (tertiary/aromatic N) is 1. The van der Waals surface area contributed by atoms with Gasteiger partial charge in [0.05, 0.1) is 12.7 Å². The third-order valence-electron chi connectivity index (χ3n) is 2.84. The molecule has 3 nitrogen and oxygen atoms in total. The van der Waals surface area contributed by atoms with Gasteiger partial charge in [-0.1, -0.05) is 0 Å². The van der Waals surface area contributed by atoms with Crippen molar-refractivity contribution in [3.8, 4) is 0 Å². The van der Waals surface area contributed by atoms with Crippen LogP contribution in [0.15, 0.2) is 0 Å². The van der Waals surface area contributed by atoms with E-state index in [4.69, 9.17) is 4.74 Å². The second kappa shape index (κ2) is 2.73. The summed E-state index contributed by atoms with van der Waals surface area (Å²) in [6, 6.07) is 0.634. The summed E-state index contributed by atoms with van der Waals surface area (Å²) in [6.07, 6.45) is 0.488. The molecule has 0 aromatic carbocycles. The van der Waals surface area contributed by atoms with Gasteiger partial charge in [0.15, 0.2) is 0 Å². The summed E-state index contributed by atoms with van der Waals surface area (Å²) in [6.45, 7) is 3.10. The standard InChI is InChI=1S/C8H16N2O/c1-10(2)7-5-11-8-4-9-3-6(7)8/h6-9H,3-5H2,1-2H3/t6-,7?,8?/m0/s1. The SMILES string of the molecule is CN(C)C1COC2CNC[C@H]21. The van der Waals surface area contributed by atoms with Crippen LogP contribution in [0, 0.1) is 5.92 Å². The Labute approximate surface area is 67.7 Å². The molecule has 0 spiro atoms. The molecule has 2 rings (SSSR count). The lowest BCUT2D eigenvalue weighted by Gasteiger charge is -2.22. The molecule has 0 amide bonds. The first-order valence-corrected chi connectivity index (χ1v) is 4.28. The van der Waals surface area contributed by atoms with Gasteiger partial charge in [-0.25, -0.2) is 0 Å². The number of hydrogen-bond acceptors (Lipinski definition) is 3. The molecular weight excluding hydrogens is 140 g/mol. The van der Waals surface area contributed by atoms with E-state index < -0.39 is 0 Å². The van der Waals surface area contributed by atoms with Crippen LogP contribution < -0.4 is 5.32 Å². The van der Waals surface area contributed by atoms with Crippen LogP contribution in [-0.4, -0.2) is 50.8 Å². The lowest BCUT2D eigenvalue weighted by atomic mass is 10.00. The Hall–Kier alpha value is -0.120. The molecule has 11 heavy (non-hydrogen) atoms. The zero-order chi connectivity index (χ0) is 7.84. The van der Waals surface area contributed by atoms with Gasteiger partial charge in [0.25, 0.3) is 0 Å². The fraction of sp³-hybridized carbons (Fsp3) is 1.00. The highest BCUT2D eigenvalue weighted by atomic mass is 16.5. The van der Waals surface area contributed by atoms with Crippen LogP contribution in [0.2, 0.25) is 0 Å². The minimum Gasteiger partial charge on any atom is -0.375 e. The number of rotatable bonds is 1. The van der Waals surface area contributed by atoms with Crippen LogP contribution in [0.3, 0.4) is 0 Å². The van der Waals surface area contributed by atoms with Crippen molar-refractivity contribution in [1.82, 2.24) is 10.2 Å². The zero-order valence-corrected chi connectivity index (χ0v) is 7.21. The quantitative estimate of drug-likeness (QED) is 0.556. The largest absolute Gasteiger partial charge is 0.375 e. The van der Waals surface area contributed by atoms with Gasteiger partial charge >= 0.3 is 0 Å². The van der Waals surface area contributed by atoms with Crippen molar-refractivity contribution in [2.75, 3.05) is 33.8 Å². The van der Waals surface area contributed by atoms with E-state index in [0.717, 1.165) is 25.6 Å². The summed E-state index contributed by atoms with van der Waals surface area (Å²) in [5, 5.41) is 3.36. The normalized spacial score (nSPS) is 43.4. The Kier molecular flexibility index (Phi) is 1.87. The van der Waals surface area contributed by atoms with Crippen LogP contribution in [0.25, 0.3) is 0 Å². The average Bonchev–Trinajstić information content (AvgIpc) is 2.41. The molecule has 0 aromatic heterocycles. The summed E-state index contributed by atoms with van der Waals surface area (Å²) in [5.74, 6) is 0.727. The third kappa shape index (κ3) is 1.17. The number of nitrogens with one attached hydrogen (secondary N) is 1. The van der Waals surface area contributed by atoms with Crippen LogP contribution >= 0.6 is 0 Å². The van der Waals surface area contributed by atoms with E-state index in [0.29, 0.717) is 12.1 Å². The highest BCUT2D eigenvalue weighted by Crippen LogP contribution is 2.26. The number of hydrogen-bond donors (Lipinski definition) is 1. The molecule has 2 aliphatic heterocycles. The molecule has 2 unspecified atom stereocenters. The van der Waals surface area contributed by atoms with Crippen molar-refractivity contribution in [3.05, 3.63) is 0 Å². The van der Waals surface area contributed by atoms with Crippen LogP contribution in [-0.2, 0) is 4.74 Å². The Balaban J connectivity index is 2.03. The van der Waals surface area contributed by atoms with Crippen molar-refractivity contribution < 1.29 is 4.74 Å². The Morgan fingerprint density at radius 1 is 1.36 bits per heavy atom. The molecule has 64 valence electrons.